The summed E-state index contributed by atoms with van der Waals surface area (Å²) in [7, 11) is 0. The maximum Gasteiger partial charge on any atom is 0.421 e. The lowest BCUT2D eigenvalue weighted by atomic mass is 9.78. The number of fused-ring (bicyclic) bond motifs is 1. The van der Waals surface area contributed by atoms with Gasteiger partial charge in [-0.15, -0.1) is 0 Å². The first-order chi connectivity index (χ1) is 16.6. The van der Waals surface area contributed by atoms with Crippen LogP contribution in [0.2, 0.25) is 0 Å². The van der Waals surface area contributed by atoms with Crippen LogP contribution in [0.25, 0.3) is 0 Å². The van der Waals surface area contributed by atoms with Crippen LogP contribution >= 0.6 is 0 Å². The van der Waals surface area contributed by atoms with Crippen LogP contribution in [0.15, 0.2) is 78.9 Å². The second kappa shape index (κ2) is 9.37. The molecule has 3 aromatic rings. The van der Waals surface area contributed by atoms with Gasteiger partial charge in [-0.2, -0.15) is 0 Å². The number of rotatable bonds is 4. The van der Waals surface area contributed by atoms with Crippen LogP contribution in [0.5, 0.6) is 0 Å². The summed E-state index contributed by atoms with van der Waals surface area (Å²) in [6.07, 6.45) is -0.292. The molecule has 180 valence electrons. The quantitative estimate of drug-likeness (QED) is 0.567. The number of carbonyl (C=O) groups excluding carboxylic acids is 3. The van der Waals surface area contributed by atoms with E-state index in [-0.39, 0.29) is 18.7 Å². The van der Waals surface area contributed by atoms with Gasteiger partial charge in [-0.05, 0) is 62.6 Å². The Bertz CT molecular complexity index is 1250. The highest BCUT2D eigenvalue weighted by atomic mass is 16.6. The third-order valence-electron chi connectivity index (χ3n) is 6.03. The van der Waals surface area contributed by atoms with E-state index in [2.05, 4.69) is 5.32 Å². The molecular weight excluding hydrogens is 440 g/mol. The molecule has 0 radical (unpaired) electrons. The summed E-state index contributed by atoms with van der Waals surface area (Å²) in [5.41, 5.74) is 1.36. The molecule has 0 aromatic heterocycles. The van der Waals surface area contributed by atoms with Gasteiger partial charge < -0.3 is 10.1 Å². The topological polar surface area (TPSA) is 75.7 Å². The van der Waals surface area contributed by atoms with Crippen LogP contribution in [-0.4, -0.2) is 29.0 Å². The smallest absolute Gasteiger partial charge is 0.421 e. The van der Waals surface area contributed by atoms with Gasteiger partial charge in [0.25, 0.3) is 11.8 Å². The molecule has 0 aliphatic carbocycles. The van der Waals surface area contributed by atoms with E-state index in [4.69, 9.17) is 4.74 Å². The molecule has 1 aliphatic rings. The lowest BCUT2D eigenvalue weighted by molar-refractivity contribution is -0.125. The van der Waals surface area contributed by atoms with E-state index in [0.717, 1.165) is 21.6 Å². The Morgan fingerprint density at radius 2 is 1.57 bits per heavy atom. The van der Waals surface area contributed by atoms with Crippen molar-refractivity contribution in [2.45, 2.75) is 51.7 Å². The van der Waals surface area contributed by atoms with Gasteiger partial charge in [0.05, 0.1) is 5.69 Å². The Morgan fingerprint density at radius 3 is 2.20 bits per heavy atom. The third-order valence-corrected chi connectivity index (χ3v) is 6.03. The Morgan fingerprint density at radius 1 is 0.943 bits per heavy atom. The van der Waals surface area contributed by atoms with Gasteiger partial charge in [0.15, 0.2) is 0 Å². The fourth-order valence-electron chi connectivity index (χ4n) is 4.42. The zero-order chi connectivity index (χ0) is 25.2. The van der Waals surface area contributed by atoms with Crippen molar-refractivity contribution in [2.24, 2.45) is 0 Å². The van der Waals surface area contributed by atoms with E-state index < -0.39 is 23.1 Å². The minimum atomic E-state index is -1.38. The summed E-state index contributed by atoms with van der Waals surface area (Å²) in [6, 6.07) is 23.8. The Balaban J connectivity index is 1.85. The molecule has 1 aliphatic heterocycles. The Hall–Kier alpha value is -3.93. The third kappa shape index (κ3) is 5.11. The lowest BCUT2D eigenvalue weighted by Gasteiger charge is -2.43. The van der Waals surface area contributed by atoms with Gasteiger partial charge in [0.2, 0.25) is 0 Å². The zero-order valence-corrected chi connectivity index (χ0v) is 20.5. The van der Waals surface area contributed by atoms with E-state index >= 15 is 0 Å². The molecule has 1 unspecified atom stereocenters. The normalized spacial score (nSPS) is 17.5. The van der Waals surface area contributed by atoms with Gasteiger partial charge in [-0.3, -0.25) is 9.59 Å². The second-order valence-corrected chi connectivity index (χ2v) is 9.93. The number of imide groups is 1. The first-order valence-corrected chi connectivity index (χ1v) is 11.7. The first-order valence-electron chi connectivity index (χ1n) is 11.7. The van der Waals surface area contributed by atoms with Crippen LogP contribution in [0.1, 0.15) is 47.8 Å². The zero-order valence-electron chi connectivity index (χ0n) is 20.5. The molecule has 0 saturated carbocycles. The predicted octanol–water partition coefficient (Wildman–Crippen LogP) is 5.23. The van der Waals surface area contributed by atoms with Gasteiger partial charge in [0, 0.05) is 18.4 Å². The lowest BCUT2D eigenvalue weighted by Crippen LogP contribution is -2.66. The average molecular weight is 471 g/mol. The van der Waals surface area contributed by atoms with E-state index in [9.17, 15) is 14.4 Å². The van der Waals surface area contributed by atoms with Crippen LogP contribution in [0, 0.1) is 6.92 Å². The maximum atomic E-state index is 14.2. The van der Waals surface area contributed by atoms with Crippen molar-refractivity contribution < 1.29 is 19.1 Å². The van der Waals surface area contributed by atoms with Crippen molar-refractivity contribution >= 4 is 23.6 Å². The van der Waals surface area contributed by atoms with Crippen molar-refractivity contribution in [1.29, 1.82) is 0 Å². The number of hydrogen-bond donors (Lipinski definition) is 1. The van der Waals surface area contributed by atoms with Crippen LogP contribution in [-0.2, 0) is 22.4 Å². The number of amides is 3. The fourth-order valence-corrected chi connectivity index (χ4v) is 4.42. The number of anilines is 1. The number of nitrogens with one attached hydrogen (secondary N) is 1. The second-order valence-electron chi connectivity index (χ2n) is 9.93. The number of benzene rings is 3. The molecule has 1 N–H and O–H groups in total. The molecule has 4 rings (SSSR count). The molecule has 6 nitrogen and oxygen atoms in total. The van der Waals surface area contributed by atoms with Gasteiger partial charge in [0.1, 0.15) is 11.1 Å². The highest BCUT2D eigenvalue weighted by Gasteiger charge is 2.50. The van der Waals surface area contributed by atoms with E-state index in [1.54, 1.807) is 51.1 Å². The average Bonchev–Trinajstić information content (AvgIpc) is 2.80. The predicted molar refractivity (Wildman–Crippen MR) is 135 cm³/mol. The Kier molecular flexibility index (Phi) is 6.48. The highest BCUT2D eigenvalue weighted by molar-refractivity contribution is 6.19. The van der Waals surface area contributed by atoms with Crippen molar-refractivity contribution in [2.75, 3.05) is 4.90 Å². The first kappa shape index (κ1) is 24.2. The largest absolute Gasteiger partial charge is 0.443 e. The molecule has 3 amide bonds. The van der Waals surface area contributed by atoms with Gasteiger partial charge >= 0.3 is 6.09 Å². The van der Waals surface area contributed by atoms with Crippen LogP contribution < -0.4 is 10.2 Å². The highest BCUT2D eigenvalue weighted by Crippen LogP contribution is 2.37. The number of aryl methyl sites for hydroxylation is 1. The summed E-state index contributed by atoms with van der Waals surface area (Å²) in [5.74, 6) is -0.894. The molecule has 1 atom stereocenters. The number of nitrogens with zero attached hydrogens (tertiary/aromatic N) is 1. The minimum absolute atomic E-state index is 0.221. The summed E-state index contributed by atoms with van der Waals surface area (Å²) in [5, 5.41) is 3.02. The van der Waals surface area contributed by atoms with E-state index in [1.165, 1.54) is 0 Å². The van der Waals surface area contributed by atoms with E-state index in [0.29, 0.717) is 11.3 Å². The number of hydrogen-bond acceptors (Lipinski definition) is 4. The van der Waals surface area contributed by atoms with Gasteiger partial charge in [-0.1, -0.05) is 60.7 Å². The summed E-state index contributed by atoms with van der Waals surface area (Å²) in [4.78, 5) is 42.0. The molecule has 0 bridgehead atoms. The van der Waals surface area contributed by atoms with Crippen molar-refractivity contribution in [3.63, 3.8) is 0 Å². The number of carbonyl (C=O) groups is 3. The monoisotopic (exact) mass is 470 g/mol. The molecule has 0 fully saturated rings. The van der Waals surface area contributed by atoms with E-state index in [1.807, 2.05) is 55.5 Å². The van der Waals surface area contributed by atoms with Gasteiger partial charge in [-0.25, -0.2) is 9.69 Å². The Labute approximate surface area is 205 Å². The molecular formula is C29H30N2O4. The summed E-state index contributed by atoms with van der Waals surface area (Å²) >= 11 is 0. The summed E-state index contributed by atoms with van der Waals surface area (Å²) in [6.45, 7) is 7.20. The molecule has 3 aromatic carbocycles. The van der Waals surface area contributed by atoms with Crippen LogP contribution in [0.4, 0.5) is 10.5 Å². The molecule has 35 heavy (non-hydrogen) atoms. The van der Waals surface area contributed by atoms with Crippen LogP contribution in [0.3, 0.4) is 0 Å². The minimum Gasteiger partial charge on any atom is -0.443 e. The molecule has 0 saturated heterocycles. The number of ether oxygens (including phenoxy) is 1. The SMILES string of the molecule is Cc1cccc2c1CC(Cc1ccccc1)(NC(=O)c1ccccc1)C(=O)N2C(=O)OC(C)(C)C. The fraction of sp³-hybridized carbons (Fsp3) is 0.276. The maximum absolute atomic E-state index is 14.2. The molecule has 1 heterocycles. The van der Waals surface area contributed by atoms with Crippen molar-refractivity contribution in [3.8, 4) is 0 Å². The molecule has 0 spiro atoms. The standard InChI is InChI=1S/C29H30N2O4/c1-20-12-11-17-24-23(20)19-29(18-21-13-7-5-8-14-21,30-25(32)22-15-9-6-10-16-22)26(33)31(24)27(34)35-28(2,3)4/h5-17H,18-19H2,1-4H3,(H,30,32). The van der Waals surface area contributed by atoms with Crippen molar-refractivity contribution in [1.82, 2.24) is 5.32 Å². The van der Waals surface area contributed by atoms with Crippen molar-refractivity contribution in [3.05, 3.63) is 101 Å². The molecule has 6 heteroatoms. The summed E-state index contributed by atoms with van der Waals surface area (Å²) < 4.78 is 5.63.